The lowest BCUT2D eigenvalue weighted by Gasteiger charge is -2.09. The van der Waals surface area contributed by atoms with E-state index in [0.717, 1.165) is 6.42 Å². The first-order valence-corrected chi connectivity index (χ1v) is 8.48. The van der Waals surface area contributed by atoms with Gasteiger partial charge in [-0.15, -0.1) is 0 Å². The van der Waals surface area contributed by atoms with E-state index in [2.05, 4.69) is 5.32 Å². The summed E-state index contributed by atoms with van der Waals surface area (Å²) < 4.78 is 11.1. The molecular formula is C19H18ClNO4. The molecule has 0 saturated heterocycles. The van der Waals surface area contributed by atoms with Crippen molar-refractivity contribution in [2.75, 3.05) is 18.5 Å². The minimum absolute atomic E-state index is 0.0970. The van der Waals surface area contributed by atoms with Crippen molar-refractivity contribution in [1.82, 2.24) is 0 Å². The summed E-state index contributed by atoms with van der Waals surface area (Å²) in [7, 11) is 0. The van der Waals surface area contributed by atoms with Crippen LogP contribution in [-0.2, 0) is 4.79 Å². The highest BCUT2D eigenvalue weighted by Crippen LogP contribution is 2.30. The molecule has 130 valence electrons. The zero-order valence-electron chi connectivity index (χ0n) is 13.6. The molecule has 0 bridgehead atoms. The van der Waals surface area contributed by atoms with Crippen molar-refractivity contribution in [1.29, 1.82) is 0 Å². The minimum atomic E-state index is -0.232. The highest BCUT2D eigenvalue weighted by molar-refractivity contribution is 6.30. The first-order valence-electron chi connectivity index (χ1n) is 8.10. The molecule has 25 heavy (non-hydrogen) atoms. The fourth-order valence-electron chi connectivity index (χ4n) is 2.50. The summed E-state index contributed by atoms with van der Waals surface area (Å²) in [5.41, 5.74) is 1.13. The van der Waals surface area contributed by atoms with E-state index < -0.39 is 0 Å². The second-order valence-corrected chi connectivity index (χ2v) is 6.13. The normalized spacial score (nSPS) is 13.0. The van der Waals surface area contributed by atoms with Crippen LogP contribution in [0.1, 0.15) is 29.6 Å². The molecule has 0 spiro atoms. The molecule has 6 heteroatoms. The number of carbonyl (C=O) groups is 2. The van der Waals surface area contributed by atoms with Crippen LogP contribution in [0.3, 0.4) is 0 Å². The van der Waals surface area contributed by atoms with Crippen LogP contribution in [0.5, 0.6) is 11.5 Å². The van der Waals surface area contributed by atoms with E-state index >= 15 is 0 Å². The highest BCUT2D eigenvalue weighted by Gasteiger charge is 2.15. The van der Waals surface area contributed by atoms with Crippen LogP contribution in [0.4, 0.5) is 5.69 Å². The monoisotopic (exact) mass is 359 g/mol. The van der Waals surface area contributed by atoms with Gasteiger partial charge in [0.25, 0.3) is 0 Å². The van der Waals surface area contributed by atoms with Crippen molar-refractivity contribution in [2.24, 2.45) is 0 Å². The topological polar surface area (TPSA) is 64.6 Å². The van der Waals surface area contributed by atoms with Gasteiger partial charge in [0.1, 0.15) is 0 Å². The molecule has 0 radical (unpaired) electrons. The molecule has 0 fully saturated rings. The number of carbonyl (C=O) groups excluding carboxylic acids is 2. The number of hydrogen-bond donors (Lipinski definition) is 1. The van der Waals surface area contributed by atoms with Crippen molar-refractivity contribution in [3.8, 4) is 11.5 Å². The van der Waals surface area contributed by atoms with Crippen LogP contribution in [-0.4, -0.2) is 24.9 Å². The van der Waals surface area contributed by atoms with Gasteiger partial charge in [-0.1, -0.05) is 17.7 Å². The van der Waals surface area contributed by atoms with E-state index in [9.17, 15) is 9.59 Å². The van der Waals surface area contributed by atoms with Gasteiger partial charge in [-0.05, 0) is 36.4 Å². The number of ether oxygens (including phenoxy) is 2. The van der Waals surface area contributed by atoms with E-state index in [1.807, 2.05) is 0 Å². The Kier molecular flexibility index (Phi) is 5.56. The Morgan fingerprint density at radius 3 is 2.60 bits per heavy atom. The Balaban J connectivity index is 1.57. The summed E-state index contributed by atoms with van der Waals surface area (Å²) >= 11 is 5.88. The van der Waals surface area contributed by atoms with Crippen LogP contribution in [0, 0.1) is 0 Å². The smallest absolute Gasteiger partial charge is 0.224 e. The average Bonchev–Trinajstić information content (AvgIpc) is 2.84. The number of anilines is 1. The molecule has 5 nitrogen and oxygen atoms in total. The largest absolute Gasteiger partial charge is 0.490 e. The summed E-state index contributed by atoms with van der Waals surface area (Å²) in [5.74, 6) is 0.876. The summed E-state index contributed by atoms with van der Waals surface area (Å²) in [6.07, 6.45) is 1.02. The van der Waals surface area contributed by atoms with Gasteiger partial charge in [0.2, 0.25) is 5.91 Å². The number of halogens is 1. The number of benzene rings is 2. The van der Waals surface area contributed by atoms with Crippen molar-refractivity contribution in [3.05, 3.63) is 53.1 Å². The van der Waals surface area contributed by atoms with Crippen LogP contribution in [0.15, 0.2) is 42.5 Å². The van der Waals surface area contributed by atoms with Gasteiger partial charge in [-0.25, -0.2) is 0 Å². The molecule has 1 amide bonds. The predicted octanol–water partition coefficient (Wildman–Crippen LogP) is 4.10. The second-order valence-electron chi connectivity index (χ2n) is 5.69. The fourth-order valence-corrected chi connectivity index (χ4v) is 2.69. The van der Waals surface area contributed by atoms with E-state index in [4.69, 9.17) is 21.1 Å². The Labute approximate surface area is 150 Å². The molecule has 0 aromatic heterocycles. The fraction of sp³-hybridized carbons (Fsp3) is 0.263. The van der Waals surface area contributed by atoms with Crippen LogP contribution >= 0.6 is 11.6 Å². The standard InChI is InChI=1S/C19H18ClNO4/c20-14-3-1-4-15(12-14)21-19(23)8-6-16(22)13-5-7-17-18(11-13)25-10-2-9-24-17/h1,3-5,7,11-12H,2,6,8-10H2,(H,21,23). The molecule has 1 N–H and O–H groups in total. The van der Waals surface area contributed by atoms with Gasteiger partial charge < -0.3 is 14.8 Å². The molecule has 2 aromatic carbocycles. The maximum absolute atomic E-state index is 12.3. The quantitative estimate of drug-likeness (QED) is 0.816. The number of hydrogen-bond acceptors (Lipinski definition) is 4. The van der Waals surface area contributed by atoms with Crippen LogP contribution < -0.4 is 14.8 Å². The number of fused-ring (bicyclic) bond motifs is 1. The van der Waals surface area contributed by atoms with Gasteiger partial charge in [0.15, 0.2) is 17.3 Å². The first kappa shape index (κ1) is 17.3. The summed E-state index contributed by atoms with van der Waals surface area (Å²) in [4.78, 5) is 24.3. The Hall–Kier alpha value is -2.53. The molecule has 2 aromatic rings. The molecule has 0 saturated carbocycles. The highest BCUT2D eigenvalue weighted by atomic mass is 35.5. The Morgan fingerprint density at radius 2 is 1.80 bits per heavy atom. The average molecular weight is 360 g/mol. The minimum Gasteiger partial charge on any atom is -0.490 e. The number of rotatable bonds is 5. The molecule has 0 aliphatic carbocycles. The molecule has 0 atom stereocenters. The molecule has 3 rings (SSSR count). The lowest BCUT2D eigenvalue weighted by molar-refractivity contribution is -0.116. The molecular weight excluding hydrogens is 342 g/mol. The summed E-state index contributed by atoms with van der Waals surface area (Å²) in [6, 6.07) is 12.0. The van der Waals surface area contributed by atoms with Crippen LogP contribution in [0.25, 0.3) is 0 Å². The number of ketones is 1. The van der Waals surface area contributed by atoms with Crippen LogP contribution in [0.2, 0.25) is 5.02 Å². The van der Waals surface area contributed by atoms with Crippen molar-refractivity contribution >= 4 is 29.0 Å². The Morgan fingerprint density at radius 1 is 1.00 bits per heavy atom. The van der Waals surface area contributed by atoms with Gasteiger partial charge in [-0.3, -0.25) is 9.59 Å². The van der Waals surface area contributed by atoms with Crippen molar-refractivity contribution < 1.29 is 19.1 Å². The third kappa shape index (κ3) is 4.73. The molecule has 1 aliphatic heterocycles. The third-order valence-corrected chi connectivity index (χ3v) is 3.99. The van der Waals surface area contributed by atoms with Crippen molar-refractivity contribution in [3.63, 3.8) is 0 Å². The zero-order chi connectivity index (χ0) is 17.6. The lowest BCUT2D eigenvalue weighted by Crippen LogP contribution is -2.13. The lowest BCUT2D eigenvalue weighted by atomic mass is 10.1. The molecule has 1 aliphatic rings. The number of amides is 1. The predicted molar refractivity (Wildman–Crippen MR) is 95.7 cm³/mol. The first-order chi connectivity index (χ1) is 12.1. The zero-order valence-corrected chi connectivity index (χ0v) is 14.3. The molecule has 0 unspecified atom stereocenters. The van der Waals surface area contributed by atoms with E-state index in [0.29, 0.717) is 41.0 Å². The second kappa shape index (κ2) is 8.03. The van der Waals surface area contributed by atoms with E-state index in [1.54, 1.807) is 42.5 Å². The Bertz CT molecular complexity index is 791. The maximum Gasteiger partial charge on any atom is 0.224 e. The van der Waals surface area contributed by atoms with E-state index in [1.165, 1.54) is 0 Å². The van der Waals surface area contributed by atoms with Gasteiger partial charge >= 0.3 is 0 Å². The molecule has 1 heterocycles. The van der Waals surface area contributed by atoms with Crippen molar-refractivity contribution in [2.45, 2.75) is 19.3 Å². The number of nitrogens with one attached hydrogen (secondary N) is 1. The number of Topliss-reactive ketones (excluding diaryl/α,β-unsaturated/α-hetero) is 1. The third-order valence-electron chi connectivity index (χ3n) is 3.76. The van der Waals surface area contributed by atoms with Gasteiger partial charge in [-0.2, -0.15) is 0 Å². The summed E-state index contributed by atoms with van der Waals surface area (Å²) in [5, 5.41) is 3.27. The summed E-state index contributed by atoms with van der Waals surface area (Å²) in [6.45, 7) is 1.16. The van der Waals surface area contributed by atoms with E-state index in [-0.39, 0.29) is 24.5 Å². The van der Waals surface area contributed by atoms with Gasteiger partial charge in [0, 0.05) is 35.5 Å². The maximum atomic E-state index is 12.3. The van der Waals surface area contributed by atoms with Gasteiger partial charge in [0.05, 0.1) is 13.2 Å². The SMILES string of the molecule is O=C(CCC(=O)c1ccc2c(c1)OCCCO2)Nc1cccc(Cl)c1.